The lowest BCUT2D eigenvalue weighted by Crippen LogP contribution is -2.47. The molecule has 2 rings (SSSR count). The van der Waals surface area contributed by atoms with Crippen LogP contribution >= 0.6 is 0 Å². The third-order valence-electron chi connectivity index (χ3n) is 4.30. The summed E-state index contributed by atoms with van der Waals surface area (Å²) in [5, 5.41) is 10.5. The maximum absolute atomic E-state index is 12.2. The Labute approximate surface area is 160 Å². The summed E-state index contributed by atoms with van der Waals surface area (Å²) in [6.45, 7) is 8.39. The van der Waals surface area contributed by atoms with E-state index < -0.39 is 11.7 Å². The number of carbonyl (C=O) groups is 2. The Hall–Kier alpha value is -2.34. The summed E-state index contributed by atoms with van der Waals surface area (Å²) in [6.07, 6.45) is 2.72. The summed E-state index contributed by atoms with van der Waals surface area (Å²) >= 11 is 0. The van der Waals surface area contributed by atoms with Gasteiger partial charge in [-0.2, -0.15) is 0 Å². The normalized spacial score (nSPS) is 20.6. The van der Waals surface area contributed by atoms with Crippen LogP contribution in [0.15, 0.2) is 30.3 Å². The molecule has 0 saturated carbocycles. The van der Waals surface area contributed by atoms with Crippen LogP contribution in [0.4, 0.5) is 4.79 Å². The number of hydrogen-bond acceptors (Lipinski definition) is 5. The van der Waals surface area contributed by atoms with Crippen molar-refractivity contribution in [2.75, 3.05) is 19.7 Å². The quantitative estimate of drug-likeness (QED) is 0.645. The number of ether oxygens (including phenoxy) is 2. The van der Waals surface area contributed by atoms with Gasteiger partial charge in [-0.05, 0) is 51.3 Å². The maximum Gasteiger partial charge on any atom is 0.410 e. The molecule has 148 valence electrons. The molecule has 1 fully saturated rings. The number of aliphatic hydroxyl groups excluding tert-OH is 1. The lowest BCUT2D eigenvalue weighted by molar-refractivity contribution is -0.137. The zero-order valence-electron chi connectivity index (χ0n) is 16.5. The van der Waals surface area contributed by atoms with Crippen molar-refractivity contribution in [2.24, 2.45) is 0 Å². The lowest BCUT2D eigenvalue weighted by atomic mass is 9.87. The summed E-state index contributed by atoms with van der Waals surface area (Å²) in [5.41, 5.74) is 1.35. The van der Waals surface area contributed by atoms with E-state index in [4.69, 9.17) is 9.47 Å². The first-order chi connectivity index (χ1) is 12.7. The number of hydrogen-bond donors (Lipinski definition) is 1. The highest BCUT2D eigenvalue weighted by Crippen LogP contribution is 2.29. The van der Waals surface area contributed by atoms with Gasteiger partial charge in [-0.3, -0.25) is 0 Å². The van der Waals surface area contributed by atoms with Crippen LogP contribution in [0.1, 0.15) is 51.2 Å². The van der Waals surface area contributed by atoms with Gasteiger partial charge in [0.25, 0.3) is 0 Å². The second-order valence-corrected chi connectivity index (χ2v) is 7.64. The van der Waals surface area contributed by atoms with E-state index in [1.165, 1.54) is 6.08 Å². The van der Waals surface area contributed by atoms with Crippen molar-refractivity contribution in [2.45, 2.75) is 51.7 Å². The molecule has 2 unspecified atom stereocenters. The lowest BCUT2D eigenvalue weighted by Gasteiger charge is -2.36. The van der Waals surface area contributed by atoms with Gasteiger partial charge in [0, 0.05) is 18.5 Å². The molecule has 1 aliphatic heterocycles. The van der Waals surface area contributed by atoms with E-state index in [-0.39, 0.29) is 24.5 Å². The molecule has 1 saturated heterocycles. The van der Waals surface area contributed by atoms with E-state index in [1.807, 2.05) is 45.0 Å². The smallest absolute Gasteiger partial charge is 0.410 e. The molecule has 1 aromatic carbocycles. The predicted molar refractivity (Wildman–Crippen MR) is 103 cm³/mol. The van der Waals surface area contributed by atoms with Crippen LogP contribution in [-0.2, 0) is 14.3 Å². The average molecular weight is 375 g/mol. The van der Waals surface area contributed by atoms with Gasteiger partial charge in [-0.15, -0.1) is 0 Å². The molecule has 1 N–H and O–H groups in total. The number of nitrogens with zero attached hydrogens (tertiary/aromatic N) is 1. The molecular weight excluding hydrogens is 346 g/mol. The molecule has 1 amide bonds. The van der Waals surface area contributed by atoms with Crippen molar-refractivity contribution >= 4 is 18.1 Å². The molecule has 0 bridgehead atoms. The molecule has 27 heavy (non-hydrogen) atoms. The summed E-state index contributed by atoms with van der Waals surface area (Å²) in [6, 6.07) is 7.69. The van der Waals surface area contributed by atoms with E-state index in [1.54, 1.807) is 17.9 Å². The molecule has 6 nitrogen and oxygen atoms in total. The van der Waals surface area contributed by atoms with Crippen LogP contribution in [0, 0.1) is 0 Å². The van der Waals surface area contributed by atoms with E-state index in [9.17, 15) is 14.7 Å². The number of β-amino-alcohol motifs (C(OH)–C–C–N with tert-alkyl or cyclic N) is 1. The number of carbonyl (C=O) groups excluding carboxylic acids is 2. The number of esters is 1. The van der Waals surface area contributed by atoms with Crippen LogP contribution in [0.2, 0.25) is 0 Å². The first-order valence-electron chi connectivity index (χ1n) is 9.30. The zero-order chi connectivity index (χ0) is 20.0. The number of rotatable bonds is 4. The SMILES string of the molecule is CCOC(=O)C=Cc1ccc(C2CCN(C(=O)OC(C)(C)C)CC2O)cc1. The maximum atomic E-state index is 12.2. The highest BCUT2D eigenvalue weighted by atomic mass is 16.6. The van der Waals surface area contributed by atoms with Crippen LogP contribution in [0.3, 0.4) is 0 Å². The van der Waals surface area contributed by atoms with Crippen molar-refractivity contribution in [1.29, 1.82) is 0 Å². The fourth-order valence-corrected chi connectivity index (χ4v) is 3.02. The molecule has 2 atom stereocenters. The molecule has 0 aliphatic carbocycles. The van der Waals surface area contributed by atoms with Crippen molar-refractivity contribution in [3.63, 3.8) is 0 Å². The third-order valence-corrected chi connectivity index (χ3v) is 4.30. The largest absolute Gasteiger partial charge is 0.463 e. The van der Waals surface area contributed by atoms with Gasteiger partial charge in [0.15, 0.2) is 0 Å². The van der Waals surface area contributed by atoms with Crippen molar-refractivity contribution < 1.29 is 24.2 Å². The van der Waals surface area contributed by atoms with Crippen molar-refractivity contribution in [1.82, 2.24) is 4.90 Å². The molecule has 6 heteroatoms. The Morgan fingerprint density at radius 1 is 1.26 bits per heavy atom. The summed E-state index contributed by atoms with van der Waals surface area (Å²) in [7, 11) is 0. The molecule has 0 aromatic heterocycles. The molecule has 0 radical (unpaired) electrons. The van der Waals surface area contributed by atoms with Crippen LogP contribution in [0.5, 0.6) is 0 Å². The first kappa shape index (κ1) is 21.0. The monoisotopic (exact) mass is 375 g/mol. The van der Waals surface area contributed by atoms with Gasteiger partial charge < -0.3 is 19.5 Å². The highest BCUT2D eigenvalue weighted by Gasteiger charge is 2.33. The van der Waals surface area contributed by atoms with Gasteiger partial charge in [0.05, 0.1) is 19.3 Å². The summed E-state index contributed by atoms with van der Waals surface area (Å²) in [5.74, 6) is -0.404. The summed E-state index contributed by atoms with van der Waals surface area (Å²) < 4.78 is 10.2. The Morgan fingerprint density at radius 2 is 1.93 bits per heavy atom. The van der Waals surface area contributed by atoms with Gasteiger partial charge in [-0.1, -0.05) is 24.3 Å². The van der Waals surface area contributed by atoms with Crippen molar-refractivity contribution in [3.8, 4) is 0 Å². The second-order valence-electron chi connectivity index (χ2n) is 7.64. The molecule has 1 heterocycles. The average Bonchev–Trinajstić information content (AvgIpc) is 2.59. The highest BCUT2D eigenvalue weighted by molar-refractivity contribution is 5.87. The number of amides is 1. The number of benzene rings is 1. The standard InChI is InChI=1S/C21H29NO5/c1-5-26-19(24)11-8-15-6-9-16(10-7-15)17-12-13-22(14-18(17)23)20(25)27-21(2,3)4/h6-11,17-18,23H,5,12-14H2,1-4H3. The minimum absolute atomic E-state index is 0.0354. The Bertz CT molecular complexity index is 675. The zero-order valence-corrected chi connectivity index (χ0v) is 16.5. The van der Waals surface area contributed by atoms with Gasteiger partial charge in [-0.25, -0.2) is 9.59 Å². The third kappa shape index (κ3) is 6.40. The van der Waals surface area contributed by atoms with Crippen LogP contribution < -0.4 is 0 Å². The van der Waals surface area contributed by atoms with Gasteiger partial charge in [0.1, 0.15) is 5.60 Å². The fourth-order valence-electron chi connectivity index (χ4n) is 3.02. The van der Waals surface area contributed by atoms with Crippen LogP contribution in [0.25, 0.3) is 6.08 Å². The summed E-state index contributed by atoms with van der Waals surface area (Å²) in [4.78, 5) is 25.1. The van der Waals surface area contributed by atoms with Crippen LogP contribution in [-0.4, -0.2) is 53.5 Å². The Kier molecular flexibility index (Phi) is 7.02. The van der Waals surface area contributed by atoms with E-state index in [0.717, 1.165) is 11.1 Å². The molecular formula is C21H29NO5. The number of likely N-dealkylation sites (tertiary alicyclic amines) is 1. The van der Waals surface area contributed by atoms with E-state index in [0.29, 0.717) is 19.6 Å². The fraction of sp³-hybridized carbons (Fsp3) is 0.524. The Morgan fingerprint density at radius 3 is 2.48 bits per heavy atom. The minimum atomic E-state index is -0.646. The molecule has 1 aliphatic rings. The van der Waals surface area contributed by atoms with E-state index in [2.05, 4.69) is 0 Å². The number of piperidine rings is 1. The topological polar surface area (TPSA) is 76.1 Å². The molecule has 0 spiro atoms. The van der Waals surface area contributed by atoms with Gasteiger partial charge >= 0.3 is 12.1 Å². The number of aliphatic hydroxyl groups is 1. The predicted octanol–water partition coefficient (Wildman–Crippen LogP) is 3.35. The van der Waals surface area contributed by atoms with Gasteiger partial charge in [0.2, 0.25) is 0 Å². The van der Waals surface area contributed by atoms with Crippen molar-refractivity contribution in [3.05, 3.63) is 41.5 Å². The first-order valence-corrected chi connectivity index (χ1v) is 9.30. The van der Waals surface area contributed by atoms with E-state index >= 15 is 0 Å². The second kappa shape index (κ2) is 9.04. The molecule has 1 aromatic rings. The minimum Gasteiger partial charge on any atom is -0.463 e. The Balaban J connectivity index is 1.96.